The second kappa shape index (κ2) is 13.3. The maximum absolute atomic E-state index is 12.1. The van der Waals surface area contributed by atoms with E-state index in [1.807, 2.05) is 17.0 Å². The summed E-state index contributed by atoms with van der Waals surface area (Å²) in [5.41, 5.74) is 2.48. The van der Waals surface area contributed by atoms with Gasteiger partial charge in [0, 0.05) is 45.5 Å². The first kappa shape index (κ1) is 25.9. The van der Waals surface area contributed by atoms with Gasteiger partial charge >= 0.3 is 0 Å². The number of benzene rings is 1. The number of halogens is 1. The average molecular weight is 543 g/mol. The van der Waals surface area contributed by atoms with Gasteiger partial charge in [-0.25, -0.2) is 4.99 Å². The SMILES string of the molecule is CCNC(=NCc1ccc(N2CCCCC2=O)cc1)NCC1(CCOC)CCCC1.I. The van der Waals surface area contributed by atoms with Crippen LogP contribution in [-0.2, 0) is 16.1 Å². The summed E-state index contributed by atoms with van der Waals surface area (Å²) in [7, 11) is 1.79. The molecular weight excluding hydrogens is 503 g/mol. The van der Waals surface area contributed by atoms with E-state index in [1.54, 1.807) is 7.11 Å². The van der Waals surface area contributed by atoms with Gasteiger partial charge in [-0.05, 0) is 62.1 Å². The Morgan fingerprint density at radius 3 is 2.52 bits per heavy atom. The lowest BCUT2D eigenvalue weighted by Gasteiger charge is -2.30. The molecule has 1 heterocycles. The fourth-order valence-electron chi connectivity index (χ4n) is 4.60. The Bertz CT molecular complexity index is 702. The van der Waals surface area contributed by atoms with E-state index in [0.717, 1.165) is 62.7 Å². The number of aliphatic imine (C=N–C) groups is 1. The van der Waals surface area contributed by atoms with Gasteiger partial charge < -0.3 is 20.3 Å². The predicted octanol–water partition coefficient (Wildman–Crippen LogP) is 4.47. The molecule has 0 atom stereocenters. The molecule has 174 valence electrons. The molecule has 0 radical (unpaired) electrons. The summed E-state index contributed by atoms with van der Waals surface area (Å²) >= 11 is 0. The summed E-state index contributed by atoms with van der Waals surface area (Å²) in [5.74, 6) is 1.11. The Hall–Kier alpha value is -1.35. The van der Waals surface area contributed by atoms with E-state index in [-0.39, 0.29) is 29.9 Å². The van der Waals surface area contributed by atoms with Gasteiger partial charge in [-0.3, -0.25) is 4.79 Å². The van der Waals surface area contributed by atoms with Crippen LogP contribution in [0.15, 0.2) is 29.3 Å². The maximum Gasteiger partial charge on any atom is 0.226 e. The highest BCUT2D eigenvalue weighted by atomic mass is 127. The van der Waals surface area contributed by atoms with Crippen molar-refractivity contribution in [3.8, 4) is 0 Å². The molecule has 0 unspecified atom stereocenters. The molecule has 1 aliphatic heterocycles. The molecule has 1 amide bonds. The van der Waals surface area contributed by atoms with Crippen molar-refractivity contribution in [3.63, 3.8) is 0 Å². The highest BCUT2D eigenvalue weighted by Gasteiger charge is 2.33. The number of piperidine rings is 1. The van der Waals surface area contributed by atoms with E-state index in [4.69, 9.17) is 9.73 Å². The van der Waals surface area contributed by atoms with Crippen LogP contribution in [0.3, 0.4) is 0 Å². The number of nitrogens with zero attached hydrogens (tertiary/aromatic N) is 2. The molecule has 1 aromatic rings. The number of methoxy groups -OCH3 is 1. The minimum absolute atomic E-state index is 0. The number of carbonyl (C=O) groups is 1. The van der Waals surface area contributed by atoms with Gasteiger partial charge in [0.25, 0.3) is 0 Å². The van der Waals surface area contributed by atoms with E-state index >= 15 is 0 Å². The molecule has 6 nitrogen and oxygen atoms in total. The lowest BCUT2D eigenvalue weighted by atomic mass is 9.83. The zero-order valence-electron chi connectivity index (χ0n) is 19.1. The molecule has 2 N–H and O–H groups in total. The summed E-state index contributed by atoms with van der Waals surface area (Å²) in [6.07, 6.45) is 9.01. The number of hydrogen-bond acceptors (Lipinski definition) is 3. The Morgan fingerprint density at radius 2 is 1.87 bits per heavy atom. The number of hydrogen-bond donors (Lipinski definition) is 2. The normalized spacial score (nSPS) is 18.6. The Balaban J connectivity index is 0.00000341. The second-order valence-electron chi connectivity index (χ2n) is 8.67. The zero-order chi connectivity index (χ0) is 21.2. The van der Waals surface area contributed by atoms with Gasteiger partial charge in [0.2, 0.25) is 5.91 Å². The van der Waals surface area contributed by atoms with Crippen LogP contribution in [0.2, 0.25) is 0 Å². The van der Waals surface area contributed by atoms with E-state index in [1.165, 1.54) is 25.7 Å². The highest BCUT2D eigenvalue weighted by molar-refractivity contribution is 14.0. The quantitative estimate of drug-likeness (QED) is 0.275. The van der Waals surface area contributed by atoms with Gasteiger partial charge in [-0.15, -0.1) is 24.0 Å². The summed E-state index contributed by atoms with van der Waals surface area (Å²) in [5, 5.41) is 6.96. The standard InChI is InChI=1S/C24H38N4O2.HI/c1-3-25-23(27-19-24(15-17-30-2)13-5-6-14-24)26-18-20-9-11-21(12-10-20)28-16-7-4-8-22(28)29;/h9-12H,3-8,13-19H2,1-2H3,(H2,25,26,27);1H. The molecule has 1 aromatic carbocycles. The number of rotatable bonds is 9. The van der Waals surface area contributed by atoms with Gasteiger partial charge in [0.15, 0.2) is 5.96 Å². The third-order valence-electron chi connectivity index (χ3n) is 6.47. The van der Waals surface area contributed by atoms with E-state index < -0.39 is 0 Å². The number of carbonyl (C=O) groups excluding carboxylic acids is 1. The monoisotopic (exact) mass is 542 g/mol. The number of nitrogens with one attached hydrogen (secondary N) is 2. The highest BCUT2D eigenvalue weighted by Crippen LogP contribution is 2.40. The van der Waals surface area contributed by atoms with Crippen molar-refractivity contribution in [2.75, 3.05) is 38.3 Å². The molecule has 7 heteroatoms. The Kier molecular flexibility index (Phi) is 11.1. The largest absolute Gasteiger partial charge is 0.385 e. The molecule has 0 bridgehead atoms. The van der Waals surface area contributed by atoms with E-state index in [9.17, 15) is 4.79 Å². The fraction of sp³-hybridized carbons (Fsp3) is 0.667. The molecule has 3 rings (SSSR count). The van der Waals surface area contributed by atoms with Crippen LogP contribution >= 0.6 is 24.0 Å². The molecular formula is C24H39IN4O2. The van der Waals surface area contributed by atoms with Gasteiger partial charge in [0.05, 0.1) is 6.54 Å². The van der Waals surface area contributed by atoms with Gasteiger partial charge in [0.1, 0.15) is 0 Å². The van der Waals surface area contributed by atoms with Crippen LogP contribution < -0.4 is 15.5 Å². The Labute approximate surface area is 204 Å². The molecule has 1 saturated heterocycles. The third kappa shape index (κ3) is 7.63. The van der Waals surface area contributed by atoms with Crippen molar-refractivity contribution >= 4 is 41.5 Å². The average Bonchev–Trinajstić information content (AvgIpc) is 3.24. The number of amides is 1. The maximum atomic E-state index is 12.1. The predicted molar refractivity (Wildman–Crippen MR) is 138 cm³/mol. The van der Waals surface area contributed by atoms with Gasteiger partial charge in [-0.1, -0.05) is 25.0 Å². The second-order valence-corrected chi connectivity index (χ2v) is 8.67. The molecule has 0 spiro atoms. The minimum atomic E-state index is 0. The van der Waals surface area contributed by atoms with Crippen molar-refractivity contribution in [2.24, 2.45) is 10.4 Å². The number of guanidine groups is 1. The van der Waals surface area contributed by atoms with Crippen LogP contribution in [0, 0.1) is 5.41 Å². The van der Waals surface area contributed by atoms with Crippen molar-refractivity contribution in [2.45, 2.75) is 64.8 Å². The summed E-state index contributed by atoms with van der Waals surface area (Å²) < 4.78 is 5.35. The van der Waals surface area contributed by atoms with Crippen molar-refractivity contribution in [3.05, 3.63) is 29.8 Å². The summed E-state index contributed by atoms with van der Waals surface area (Å²) in [4.78, 5) is 18.8. The van der Waals surface area contributed by atoms with Crippen molar-refractivity contribution < 1.29 is 9.53 Å². The van der Waals surface area contributed by atoms with Crippen LogP contribution in [0.25, 0.3) is 0 Å². The lowest BCUT2D eigenvalue weighted by molar-refractivity contribution is -0.119. The first-order valence-corrected chi connectivity index (χ1v) is 11.6. The van der Waals surface area contributed by atoms with E-state index in [0.29, 0.717) is 18.4 Å². The molecule has 2 aliphatic rings. The van der Waals surface area contributed by atoms with Crippen LogP contribution in [0.5, 0.6) is 0 Å². The van der Waals surface area contributed by atoms with Crippen molar-refractivity contribution in [1.29, 1.82) is 0 Å². The third-order valence-corrected chi connectivity index (χ3v) is 6.47. The van der Waals surface area contributed by atoms with E-state index in [2.05, 4.69) is 29.7 Å². The summed E-state index contributed by atoms with van der Waals surface area (Å²) in [6.45, 7) is 6.15. The molecule has 2 fully saturated rings. The fourth-order valence-corrected chi connectivity index (χ4v) is 4.60. The molecule has 0 aromatic heterocycles. The minimum Gasteiger partial charge on any atom is -0.385 e. The van der Waals surface area contributed by atoms with Crippen LogP contribution in [-0.4, -0.2) is 45.2 Å². The first-order chi connectivity index (χ1) is 14.7. The Morgan fingerprint density at radius 1 is 1.13 bits per heavy atom. The topological polar surface area (TPSA) is 66.0 Å². The first-order valence-electron chi connectivity index (χ1n) is 11.6. The molecule has 1 saturated carbocycles. The smallest absolute Gasteiger partial charge is 0.226 e. The van der Waals surface area contributed by atoms with Crippen LogP contribution in [0.4, 0.5) is 5.69 Å². The molecule has 31 heavy (non-hydrogen) atoms. The number of anilines is 1. The van der Waals surface area contributed by atoms with Crippen LogP contribution in [0.1, 0.15) is 63.9 Å². The lowest BCUT2D eigenvalue weighted by Crippen LogP contribution is -2.43. The molecule has 1 aliphatic carbocycles. The number of ether oxygens (including phenoxy) is 1. The zero-order valence-corrected chi connectivity index (χ0v) is 21.5. The summed E-state index contributed by atoms with van der Waals surface area (Å²) in [6, 6.07) is 8.27. The van der Waals surface area contributed by atoms with Crippen molar-refractivity contribution in [1.82, 2.24) is 10.6 Å². The van der Waals surface area contributed by atoms with Gasteiger partial charge in [-0.2, -0.15) is 0 Å².